The van der Waals surface area contributed by atoms with E-state index in [0.29, 0.717) is 17.9 Å². The third-order valence-corrected chi connectivity index (χ3v) is 4.39. The van der Waals surface area contributed by atoms with E-state index in [-0.39, 0.29) is 0 Å². The summed E-state index contributed by atoms with van der Waals surface area (Å²) >= 11 is 0. The summed E-state index contributed by atoms with van der Waals surface area (Å²) < 4.78 is 0. The number of fused-ring (bicyclic) bond motifs is 1. The van der Waals surface area contributed by atoms with Gasteiger partial charge in [0.2, 0.25) is 17.8 Å². The number of aromatic nitrogens is 3. The van der Waals surface area contributed by atoms with Crippen molar-refractivity contribution in [2.45, 2.75) is 38.1 Å². The molecular formula is C13H23N7. The minimum Gasteiger partial charge on any atom is -0.347 e. The molecule has 0 amide bonds. The normalized spacial score (nSPS) is 25.4. The number of nitrogens with zero attached hydrogens (tertiary/aromatic N) is 5. The first-order valence-corrected chi connectivity index (χ1v) is 7.35. The summed E-state index contributed by atoms with van der Waals surface area (Å²) in [5.41, 5.74) is 2.55. The second kappa shape index (κ2) is 5.40. The first-order chi connectivity index (χ1) is 9.69. The molecule has 2 aliphatic rings. The second-order valence-electron chi connectivity index (χ2n) is 5.89. The van der Waals surface area contributed by atoms with Gasteiger partial charge in [-0.3, -0.25) is 5.43 Å². The van der Waals surface area contributed by atoms with Gasteiger partial charge in [-0.2, -0.15) is 15.0 Å². The van der Waals surface area contributed by atoms with Crippen molar-refractivity contribution in [3.63, 3.8) is 0 Å². The molecule has 0 radical (unpaired) electrons. The van der Waals surface area contributed by atoms with Crippen LogP contribution in [-0.2, 0) is 0 Å². The third kappa shape index (κ3) is 2.37. The zero-order valence-corrected chi connectivity index (χ0v) is 12.2. The van der Waals surface area contributed by atoms with Crippen molar-refractivity contribution in [3.05, 3.63) is 0 Å². The molecule has 1 saturated heterocycles. The smallest absolute Gasteiger partial charge is 0.243 e. The summed E-state index contributed by atoms with van der Waals surface area (Å²) in [4.78, 5) is 17.6. The number of hydrazine groups is 1. The Morgan fingerprint density at radius 2 is 1.95 bits per heavy atom. The maximum atomic E-state index is 5.48. The van der Waals surface area contributed by atoms with Crippen LogP contribution in [0.4, 0.5) is 17.8 Å². The SMILES string of the molecule is CN(C)c1nc(NN)nc(N2CCCC3CCCC32)n1. The first kappa shape index (κ1) is 13.4. The van der Waals surface area contributed by atoms with Gasteiger partial charge in [0.1, 0.15) is 0 Å². The zero-order valence-electron chi connectivity index (χ0n) is 12.2. The Morgan fingerprint density at radius 1 is 1.15 bits per heavy atom. The highest BCUT2D eigenvalue weighted by atomic mass is 15.4. The van der Waals surface area contributed by atoms with Gasteiger partial charge in [-0.15, -0.1) is 0 Å². The van der Waals surface area contributed by atoms with Gasteiger partial charge in [0.15, 0.2) is 0 Å². The number of piperidine rings is 1. The van der Waals surface area contributed by atoms with E-state index in [2.05, 4.69) is 25.3 Å². The van der Waals surface area contributed by atoms with E-state index in [1.807, 2.05) is 19.0 Å². The minimum atomic E-state index is 0.429. The van der Waals surface area contributed by atoms with Gasteiger partial charge in [0.05, 0.1) is 0 Å². The molecule has 0 aromatic carbocycles. The standard InChI is InChI=1S/C13H23N7/c1-19(2)12-15-11(18-14)16-13(17-12)20-8-4-6-9-5-3-7-10(9)20/h9-10H,3-8,14H2,1-2H3,(H,15,16,17,18). The molecule has 1 aliphatic carbocycles. The van der Waals surface area contributed by atoms with E-state index < -0.39 is 0 Å². The maximum absolute atomic E-state index is 5.48. The quantitative estimate of drug-likeness (QED) is 0.629. The van der Waals surface area contributed by atoms with E-state index in [1.54, 1.807) is 0 Å². The Labute approximate surface area is 119 Å². The number of hydrogen-bond donors (Lipinski definition) is 2. The Kier molecular flexibility index (Phi) is 3.60. The molecule has 2 unspecified atom stereocenters. The molecule has 1 aromatic rings. The van der Waals surface area contributed by atoms with E-state index in [0.717, 1.165) is 18.4 Å². The van der Waals surface area contributed by atoms with Crippen LogP contribution in [0.2, 0.25) is 0 Å². The number of nitrogen functional groups attached to an aromatic ring is 1. The summed E-state index contributed by atoms with van der Waals surface area (Å²) in [6.45, 7) is 1.03. The largest absolute Gasteiger partial charge is 0.347 e. The van der Waals surface area contributed by atoms with Gasteiger partial charge in [0.25, 0.3) is 0 Å². The van der Waals surface area contributed by atoms with Crippen LogP contribution in [0.25, 0.3) is 0 Å². The van der Waals surface area contributed by atoms with Crippen molar-refractivity contribution >= 4 is 17.8 Å². The topological polar surface area (TPSA) is 83.2 Å². The molecular weight excluding hydrogens is 254 g/mol. The fraction of sp³-hybridized carbons (Fsp3) is 0.769. The predicted octanol–water partition coefficient (Wildman–Crippen LogP) is 0.992. The zero-order chi connectivity index (χ0) is 14.1. The van der Waals surface area contributed by atoms with Crippen molar-refractivity contribution in [2.24, 2.45) is 11.8 Å². The third-order valence-electron chi connectivity index (χ3n) is 4.39. The van der Waals surface area contributed by atoms with Crippen molar-refractivity contribution in [2.75, 3.05) is 35.9 Å². The van der Waals surface area contributed by atoms with Gasteiger partial charge in [0, 0.05) is 26.7 Å². The van der Waals surface area contributed by atoms with Gasteiger partial charge >= 0.3 is 0 Å². The Hall–Kier alpha value is -1.63. The number of nitrogens with two attached hydrogens (primary N) is 1. The molecule has 7 nitrogen and oxygen atoms in total. The van der Waals surface area contributed by atoms with Gasteiger partial charge in [-0.1, -0.05) is 6.42 Å². The van der Waals surface area contributed by atoms with Crippen LogP contribution in [0, 0.1) is 5.92 Å². The van der Waals surface area contributed by atoms with Gasteiger partial charge in [-0.25, -0.2) is 5.84 Å². The van der Waals surface area contributed by atoms with E-state index in [1.165, 1.54) is 32.1 Å². The second-order valence-corrected chi connectivity index (χ2v) is 5.89. The van der Waals surface area contributed by atoms with E-state index in [9.17, 15) is 0 Å². The van der Waals surface area contributed by atoms with E-state index >= 15 is 0 Å². The number of rotatable bonds is 3. The maximum Gasteiger partial charge on any atom is 0.243 e. The first-order valence-electron chi connectivity index (χ1n) is 7.35. The molecule has 3 N–H and O–H groups in total. The molecule has 7 heteroatoms. The highest BCUT2D eigenvalue weighted by Gasteiger charge is 2.36. The fourth-order valence-corrected chi connectivity index (χ4v) is 3.45. The van der Waals surface area contributed by atoms with Crippen molar-refractivity contribution in [3.8, 4) is 0 Å². The number of anilines is 3. The summed E-state index contributed by atoms with van der Waals surface area (Å²) in [6.07, 6.45) is 6.47. The molecule has 110 valence electrons. The van der Waals surface area contributed by atoms with Crippen molar-refractivity contribution in [1.29, 1.82) is 0 Å². The molecule has 2 heterocycles. The Morgan fingerprint density at radius 3 is 2.70 bits per heavy atom. The average Bonchev–Trinajstić information content (AvgIpc) is 2.94. The minimum absolute atomic E-state index is 0.429. The summed E-state index contributed by atoms with van der Waals surface area (Å²) in [7, 11) is 3.85. The number of nitrogens with one attached hydrogen (secondary N) is 1. The van der Waals surface area contributed by atoms with Crippen LogP contribution >= 0.6 is 0 Å². The van der Waals surface area contributed by atoms with Gasteiger partial charge in [-0.05, 0) is 31.6 Å². The lowest BCUT2D eigenvalue weighted by molar-refractivity contribution is 0.358. The molecule has 2 fully saturated rings. The lowest BCUT2D eigenvalue weighted by atomic mass is 9.92. The molecule has 0 bridgehead atoms. The number of hydrogen-bond acceptors (Lipinski definition) is 7. The van der Waals surface area contributed by atoms with Crippen LogP contribution in [0.1, 0.15) is 32.1 Å². The fourth-order valence-electron chi connectivity index (χ4n) is 3.45. The van der Waals surface area contributed by atoms with Crippen LogP contribution in [0.15, 0.2) is 0 Å². The molecule has 1 saturated carbocycles. The van der Waals surface area contributed by atoms with E-state index in [4.69, 9.17) is 5.84 Å². The monoisotopic (exact) mass is 277 g/mol. The van der Waals surface area contributed by atoms with Crippen molar-refractivity contribution < 1.29 is 0 Å². The average molecular weight is 277 g/mol. The lowest BCUT2D eigenvalue weighted by Gasteiger charge is -2.38. The van der Waals surface area contributed by atoms with Crippen LogP contribution in [-0.4, -0.2) is 41.6 Å². The van der Waals surface area contributed by atoms with Crippen molar-refractivity contribution in [1.82, 2.24) is 15.0 Å². The summed E-state index contributed by atoms with van der Waals surface area (Å²) in [5, 5.41) is 0. The Bertz CT molecular complexity index is 476. The van der Waals surface area contributed by atoms with Crippen LogP contribution < -0.4 is 21.1 Å². The highest BCUT2D eigenvalue weighted by Crippen LogP contribution is 2.38. The molecule has 20 heavy (non-hydrogen) atoms. The lowest BCUT2D eigenvalue weighted by Crippen LogP contribution is -2.43. The molecule has 2 atom stereocenters. The molecule has 1 aromatic heterocycles. The molecule has 0 spiro atoms. The molecule has 1 aliphatic heterocycles. The highest BCUT2D eigenvalue weighted by molar-refractivity contribution is 5.45. The van der Waals surface area contributed by atoms with Gasteiger partial charge < -0.3 is 9.80 Å². The predicted molar refractivity (Wildman–Crippen MR) is 79.7 cm³/mol. The summed E-state index contributed by atoms with van der Waals surface area (Å²) in [6, 6.07) is 0.590. The molecule has 3 rings (SSSR count). The Balaban J connectivity index is 1.93. The van der Waals surface area contributed by atoms with Crippen LogP contribution in [0.3, 0.4) is 0 Å². The summed E-state index contributed by atoms with van der Waals surface area (Å²) in [5.74, 6) is 8.12. The van der Waals surface area contributed by atoms with Crippen LogP contribution in [0.5, 0.6) is 0 Å².